The van der Waals surface area contributed by atoms with Gasteiger partial charge in [0.15, 0.2) is 0 Å². The Balaban J connectivity index is 2.62. The summed E-state index contributed by atoms with van der Waals surface area (Å²) in [6.07, 6.45) is 0. The van der Waals surface area contributed by atoms with Crippen molar-refractivity contribution in [2.45, 2.75) is 26.8 Å². The number of rotatable bonds is 3. The Bertz CT molecular complexity index is 614. The van der Waals surface area contributed by atoms with Crippen molar-refractivity contribution >= 4 is 11.6 Å². The lowest BCUT2D eigenvalue weighted by Gasteiger charge is -2.23. The van der Waals surface area contributed by atoms with Crippen LogP contribution in [0, 0.1) is 26.6 Å². The van der Waals surface area contributed by atoms with Gasteiger partial charge < -0.3 is 5.32 Å². The van der Waals surface area contributed by atoms with E-state index in [1.54, 1.807) is 12.1 Å². The Hall–Kier alpha value is -1.38. The van der Waals surface area contributed by atoms with Gasteiger partial charge in [-0.25, -0.2) is 4.39 Å². The number of hydrogen-bond acceptors (Lipinski definition) is 1. The van der Waals surface area contributed by atoms with Gasteiger partial charge in [0.2, 0.25) is 0 Å². The molecular formula is C17H19ClFN. The summed E-state index contributed by atoms with van der Waals surface area (Å²) in [6, 6.07) is 9.09. The fourth-order valence-electron chi connectivity index (χ4n) is 2.73. The maximum absolute atomic E-state index is 13.5. The second-order valence-corrected chi connectivity index (χ2v) is 5.53. The van der Waals surface area contributed by atoms with Gasteiger partial charge in [0.1, 0.15) is 5.82 Å². The highest BCUT2D eigenvalue weighted by molar-refractivity contribution is 6.32. The standard InChI is InChI=1S/C17H19ClFN/c1-10-6-5-7-14(16(10)18)17(20-4)15-11(2)8-13(19)9-12(15)3/h5-9,17,20H,1-4H3. The van der Waals surface area contributed by atoms with Crippen molar-refractivity contribution < 1.29 is 4.39 Å². The number of halogens is 2. The van der Waals surface area contributed by atoms with Crippen molar-refractivity contribution in [2.75, 3.05) is 7.05 Å². The van der Waals surface area contributed by atoms with Gasteiger partial charge in [-0.1, -0.05) is 29.8 Å². The summed E-state index contributed by atoms with van der Waals surface area (Å²) in [4.78, 5) is 0. The van der Waals surface area contributed by atoms with Gasteiger partial charge in [0.25, 0.3) is 0 Å². The quantitative estimate of drug-likeness (QED) is 0.863. The van der Waals surface area contributed by atoms with Crippen molar-refractivity contribution in [3.05, 3.63) is 69.0 Å². The summed E-state index contributed by atoms with van der Waals surface area (Å²) in [5.41, 5.74) is 5.01. The minimum Gasteiger partial charge on any atom is -0.309 e. The number of hydrogen-bond donors (Lipinski definition) is 1. The molecule has 0 radical (unpaired) electrons. The molecule has 0 saturated carbocycles. The summed E-state index contributed by atoms with van der Waals surface area (Å²) in [6.45, 7) is 5.85. The second kappa shape index (κ2) is 5.94. The van der Waals surface area contributed by atoms with Crippen LogP contribution in [0.2, 0.25) is 5.02 Å². The van der Waals surface area contributed by atoms with Crippen LogP contribution in [0.25, 0.3) is 0 Å². The van der Waals surface area contributed by atoms with E-state index in [4.69, 9.17) is 11.6 Å². The van der Waals surface area contributed by atoms with Crippen LogP contribution in [0.4, 0.5) is 4.39 Å². The lowest BCUT2D eigenvalue weighted by Crippen LogP contribution is -2.20. The Labute approximate surface area is 124 Å². The predicted octanol–water partition coefficient (Wildman–Crippen LogP) is 4.71. The van der Waals surface area contributed by atoms with Gasteiger partial charge in [0, 0.05) is 5.02 Å². The minimum atomic E-state index is -0.200. The molecule has 2 rings (SSSR count). The first kappa shape index (κ1) is 15.0. The van der Waals surface area contributed by atoms with E-state index in [-0.39, 0.29) is 11.9 Å². The van der Waals surface area contributed by atoms with Gasteiger partial charge in [-0.05, 0) is 67.8 Å². The van der Waals surface area contributed by atoms with Crippen molar-refractivity contribution in [2.24, 2.45) is 0 Å². The SMILES string of the molecule is CNC(c1cccc(C)c1Cl)c1c(C)cc(F)cc1C. The molecule has 0 amide bonds. The molecule has 3 heteroatoms. The van der Waals surface area contributed by atoms with Gasteiger partial charge >= 0.3 is 0 Å². The van der Waals surface area contributed by atoms with Crippen molar-refractivity contribution in [3.63, 3.8) is 0 Å². The lowest BCUT2D eigenvalue weighted by atomic mass is 9.90. The molecular weight excluding hydrogens is 273 g/mol. The third-order valence-corrected chi connectivity index (χ3v) is 4.18. The molecule has 1 atom stereocenters. The highest BCUT2D eigenvalue weighted by Crippen LogP contribution is 2.33. The molecule has 1 N–H and O–H groups in total. The van der Waals surface area contributed by atoms with E-state index < -0.39 is 0 Å². The van der Waals surface area contributed by atoms with Crippen LogP contribution in [0.3, 0.4) is 0 Å². The van der Waals surface area contributed by atoms with Gasteiger partial charge in [0.05, 0.1) is 6.04 Å². The van der Waals surface area contributed by atoms with E-state index in [1.807, 2.05) is 46.0 Å². The molecule has 1 nitrogen and oxygen atoms in total. The van der Waals surface area contributed by atoms with E-state index in [0.717, 1.165) is 32.8 Å². The first-order valence-corrected chi connectivity index (χ1v) is 7.02. The van der Waals surface area contributed by atoms with Crippen LogP contribution >= 0.6 is 11.6 Å². The van der Waals surface area contributed by atoms with Crippen molar-refractivity contribution in [1.82, 2.24) is 5.32 Å². The summed E-state index contributed by atoms with van der Waals surface area (Å²) in [5, 5.41) is 4.06. The molecule has 0 fully saturated rings. The monoisotopic (exact) mass is 291 g/mol. The zero-order valence-electron chi connectivity index (χ0n) is 12.2. The molecule has 1 unspecified atom stereocenters. The molecule has 106 valence electrons. The second-order valence-electron chi connectivity index (χ2n) is 5.15. The number of nitrogens with one attached hydrogen (secondary N) is 1. The molecule has 0 aliphatic carbocycles. The third kappa shape index (κ3) is 2.72. The van der Waals surface area contributed by atoms with Crippen LogP contribution < -0.4 is 5.32 Å². The maximum atomic E-state index is 13.5. The van der Waals surface area contributed by atoms with E-state index in [9.17, 15) is 4.39 Å². The maximum Gasteiger partial charge on any atom is 0.123 e. The molecule has 2 aromatic carbocycles. The summed E-state index contributed by atoms with van der Waals surface area (Å²) in [5.74, 6) is -0.200. The van der Waals surface area contributed by atoms with Crippen molar-refractivity contribution in [3.8, 4) is 0 Å². The molecule has 0 saturated heterocycles. The molecule has 0 bridgehead atoms. The van der Waals surface area contributed by atoms with Crippen molar-refractivity contribution in [1.29, 1.82) is 0 Å². The van der Waals surface area contributed by atoms with Gasteiger partial charge in [-0.2, -0.15) is 0 Å². The number of aryl methyl sites for hydroxylation is 3. The van der Waals surface area contributed by atoms with Gasteiger partial charge in [-0.15, -0.1) is 0 Å². The zero-order chi connectivity index (χ0) is 14.9. The van der Waals surface area contributed by atoms with E-state index in [2.05, 4.69) is 5.32 Å². The average molecular weight is 292 g/mol. The van der Waals surface area contributed by atoms with E-state index in [1.165, 1.54) is 0 Å². The van der Waals surface area contributed by atoms with Crippen LogP contribution in [0.15, 0.2) is 30.3 Å². The van der Waals surface area contributed by atoms with Crippen LogP contribution in [-0.4, -0.2) is 7.05 Å². The molecule has 0 spiro atoms. The zero-order valence-corrected chi connectivity index (χ0v) is 13.0. The Kier molecular flexibility index (Phi) is 4.46. The normalized spacial score (nSPS) is 12.5. The molecule has 0 heterocycles. The highest BCUT2D eigenvalue weighted by atomic mass is 35.5. The Morgan fingerprint density at radius 1 is 1.05 bits per heavy atom. The Morgan fingerprint density at radius 3 is 2.20 bits per heavy atom. The minimum absolute atomic E-state index is 0.0389. The highest BCUT2D eigenvalue weighted by Gasteiger charge is 2.20. The largest absolute Gasteiger partial charge is 0.309 e. The molecule has 0 aliphatic rings. The smallest absolute Gasteiger partial charge is 0.123 e. The fraction of sp³-hybridized carbons (Fsp3) is 0.294. The Morgan fingerprint density at radius 2 is 1.65 bits per heavy atom. The molecule has 2 aromatic rings. The average Bonchev–Trinajstić information content (AvgIpc) is 2.37. The number of benzene rings is 2. The molecule has 0 aliphatic heterocycles. The molecule has 0 aromatic heterocycles. The topological polar surface area (TPSA) is 12.0 Å². The van der Waals surface area contributed by atoms with Crippen LogP contribution in [0.5, 0.6) is 0 Å². The third-order valence-electron chi connectivity index (χ3n) is 3.67. The van der Waals surface area contributed by atoms with Crippen LogP contribution in [0.1, 0.15) is 33.9 Å². The molecule has 20 heavy (non-hydrogen) atoms. The predicted molar refractivity (Wildman–Crippen MR) is 83.0 cm³/mol. The van der Waals surface area contributed by atoms with Gasteiger partial charge in [-0.3, -0.25) is 0 Å². The first-order valence-electron chi connectivity index (χ1n) is 6.64. The van der Waals surface area contributed by atoms with E-state index >= 15 is 0 Å². The van der Waals surface area contributed by atoms with Crippen LogP contribution in [-0.2, 0) is 0 Å². The summed E-state index contributed by atoms with van der Waals surface area (Å²) >= 11 is 6.44. The lowest BCUT2D eigenvalue weighted by molar-refractivity contribution is 0.618. The van der Waals surface area contributed by atoms with E-state index in [0.29, 0.717) is 0 Å². The first-order chi connectivity index (χ1) is 9.45. The summed E-state index contributed by atoms with van der Waals surface area (Å²) in [7, 11) is 1.89. The summed E-state index contributed by atoms with van der Waals surface area (Å²) < 4.78 is 13.5. The fourth-order valence-corrected chi connectivity index (χ4v) is 2.96.